The van der Waals surface area contributed by atoms with Crippen LogP contribution in [-0.2, 0) is 12.1 Å². The molecule has 192 valence electrons. The summed E-state index contributed by atoms with van der Waals surface area (Å²) in [5.74, 6) is -2.08. The number of carbonyl (C=O) groups excluding carboxylic acids is 2. The predicted molar refractivity (Wildman–Crippen MR) is 132 cm³/mol. The highest BCUT2D eigenvalue weighted by molar-refractivity contribution is 5.99. The van der Waals surface area contributed by atoms with E-state index in [-0.39, 0.29) is 23.8 Å². The van der Waals surface area contributed by atoms with Gasteiger partial charge in [-0.1, -0.05) is 36.4 Å². The van der Waals surface area contributed by atoms with Gasteiger partial charge in [-0.2, -0.15) is 13.2 Å². The van der Waals surface area contributed by atoms with Crippen molar-refractivity contribution >= 4 is 17.4 Å². The third kappa shape index (κ3) is 4.25. The molecule has 2 aliphatic heterocycles. The summed E-state index contributed by atoms with van der Waals surface area (Å²) in [6.45, 7) is 1.53. The van der Waals surface area contributed by atoms with Gasteiger partial charge < -0.3 is 9.47 Å². The highest BCUT2D eigenvalue weighted by Gasteiger charge is 2.47. The van der Waals surface area contributed by atoms with Crippen LogP contribution in [0.2, 0.25) is 0 Å². The molecule has 0 radical (unpaired) electrons. The number of hydrogen-bond acceptors (Lipinski definition) is 5. The van der Waals surface area contributed by atoms with Crippen LogP contribution >= 0.6 is 0 Å². The number of rotatable bonds is 4. The fourth-order valence-electron chi connectivity index (χ4n) is 5.62. The van der Waals surface area contributed by atoms with Crippen molar-refractivity contribution in [2.45, 2.75) is 31.1 Å². The van der Waals surface area contributed by atoms with Gasteiger partial charge in [-0.3, -0.25) is 14.5 Å². The topological polar surface area (TPSA) is 75.0 Å². The number of likely N-dealkylation sites (tertiary alicyclic amines) is 1. The molecular formula is C27H25F3N4O3. The highest BCUT2D eigenvalue weighted by atomic mass is 19.4. The second-order valence-electron chi connectivity index (χ2n) is 9.52. The SMILES string of the molecule is CN1CCn2c(C(=O)C(F)(F)F)ccc2C12CCN(C(=O)c1ccc(-c3ccccc3)c(N=O)c1)CC2. The largest absolute Gasteiger partial charge is 0.456 e. The summed E-state index contributed by atoms with van der Waals surface area (Å²) in [7, 11) is 1.92. The Morgan fingerprint density at radius 3 is 2.27 bits per heavy atom. The van der Waals surface area contributed by atoms with Gasteiger partial charge in [-0.05, 0) is 54.9 Å². The highest BCUT2D eigenvalue weighted by Crippen LogP contribution is 2.42. The average Bonchev–Trinajstić information content (AvgIpc) is 3.35. The van der Waals surface area contributed by atoms with Crippen LogP contribution in [0.15, 0.2) is 65.8 Å². The van der Waals surface area contributed by atoms with Crippen molar-refractivity contribution in [3.05, 3.63) is 82.5 Å². The molecule has 1 amide bonds. The monoisotopic (exact) mass is 510 g/mol. The van der Waals surface area contributed by atoms with Crippen molar-refractivity contribution in [3.8, 4) is 11.1 Å². The Morgan fingerprint density at radius 2 is 1.62 bits per heavy atom. The molecule has 5 rings (SSSR count). The number of piperidine rings is 1. The first-order valence-electron chi connectivity index (χ1n) is 12.0. The first kappa shape index (κ1) is 24.9. The van der Waals surface area contributed by atoms with E-state index < -0.39 is 17.5 Å². The van der Waals surface area contributed by atoms with E-state index in [1.165, 1.54) is 16.7 Å². The predicted octanol–water partition coefficient (Wildman–Crippen LogP) is 5.37. The number of fused-ring (bicyclic) bond motifs is 2. The third-order valence-electron chi connectivity index (χ3n) is 7.64. The minimum absolute atomic E-state index is 0.178. The van der Waals surface area contributed by atoms with Crippen LogP contribution in [0.4, 0.5) is 18.9 Å². The van der Waals surface area contributed by atoms with Gasteiger partial charge in [-0.15, -0.1) is 4.91 Å². The number of benzene rings is 2. The zero-order valence-electron chi connectivity index (χ0n) is 20.2. The molecule has 0 unspecified atom stereocenters. The number of carbonyl (C=O) groups is 2. The summed E-state index contributed by atoms with van der Waals surface area (Å²) in [4.78, 5) is 40.6. The number of nitrogens with zero attached hydrogens (tertiary/aromatic N) is 4. The number of amides is 1. The van der Waals surface area contributed by atoms with Crippen molar-refractivity contribution in [2.75, 3.05) is 26.7 Å². The van der Waals surface area contributed by atoms with E-state index in [9.17, 15) is 27.7 Å². The molecular weight excluding hydrogens is 485 g/mol. The Bertz CT molecular complexity index is 1360. The number of aromatic nitrogens is 1. The molecule has 1 aromatic heterocycles. The lowest BCUT2D eigenvalue weighted by Crippen LogP contribution is -2.56. The molecule has 1 saturated heterocycles. The molecule has 37 heavy (non-hydrogen) atoms. The Hall–Kier alpha value is -3.79. The number of ketones is 1. The Morgan fingerprint density at radius 1 is 0.919 bits per heavy atom. The summed E-state index contributed by atoms with van der Waals surface area (Å²) in [5.41, 5.74) is 1.73. The van der Waals surface area contributed by atoms with Crippen LogP contribution in [0.3, 0.4) is 0 Å². The van der Waals surface area contributed by atoms with Gasteiger partial charge in [-0.25, -0.2) is 0 Å². The van der Waals surface area contributed by atoms with Crippen LogP contribution in [0.25, 0.3) is 11.1 Å². The number of alkyl halides is 3. The minimum atomic E-state index is -4.94. The molecule has 2 aromatic carbocycles. The van der Waals surface area contributed by atoms with Crippen molar-refractivity contribution in [1.82, 2.24) is 14.4 Å². The van der Waals surface area contributed by atoms with Crippen LogP contribution < -0.4 is 0 Å². The van der Waals surface area contributed by atoms with Crippen LogP contribution in [0, 0.1) is 4.91 Å². The molecule has 0 atom stereocenters. The Kier molecular flexibility index (Phi) is 6.23. The first-order chi connectivity index (χ1) is 17.7. The lowest BCUT2D eigenvalue weighted by atomic mass is 9.81. The summed E-state index contributed by atoms with van der Waals surface area (Å²) in [6.07, 6.45) is -3.94. The minimum Gasteiger partial charge on any atom is -0.339 e. The quantitative estimate of drug-likeness (QED) is 0.349. The van der Waals surface area contributed by atoms with E-state index >= 15 is 0 Å². The van der Waals surface area contributed by atoms with Gasteiger partial charge in [0.1, 0.15) is 5.69 Å². The molecule has 2 aliphatic rings. The Balaban J connectivity index is 1.37. The summed E-state index contributed by atoms with van der Waals surface area (Å²) >= 11 is 0. The average molecular weight is 511 g/mol. The van der Waals surface area contributed by atoms with Crippen molar-refractivity contribution in [1.29, 1.82) is 0 Å². The van der Waals surface area contributed by atoms with Crippen LogP contribution in [0.5, 0.6) is 0 Å². The zero-order valence-corrected chi connectivity index (χ0v) is 20.2. The number of nitroso groups, excluding NO2 is 1. The first-order valence-corrected chi connectivity index (χ1v) is 12.0. The van der Waals surface area contributed by atoms with E-state index in [4.69, 9.17) is 0 Å². The second kappa shape index (κ2) is 9.26. The number of likely N-dealkylation sites (N-methyl/N-ethyl adjacent to an activating group) is 1. The number of halogens is 3. The standard InChI is InChI=1S/C27H25F3N4O3/c1-32-15-16-34-22(24(35)27(28,29)30)9-10-23(34)26(32)11-13-33(14-12-26)25(36)19-7-8-20(21(17-19)31-37)18-5-3-2-4-6-18/h2-10,17H,11-16H2,1H3. The van der Waals surface area contributed by atoms with Gasteiger partial charge in [0.05, 0.1) is 11.2 Å². The van der Waals surface area contributed by atoms with E-state index in [2.05, 4.69) is 10.1 Å². The maximum atomic E-state index is 13.3. The fraction of sp³-hybridized carbons (Fsp3) is 0.333. The summed E-state index contributed by atoms with van der Waals surface area (Å²) in [6, 6.07) is 17.0. The van der Waals surface area contributed by atoms with E-state index in [0.717, 1.165) is 5.56 Å². The van der Waals surface area contributed by atoms with E-state index in [1.54, 1.807) is 23.1 Å². The number of hydrogen-bond donors (Lipinski definition) is 0. The van der Waals surface area contributed by atoms with Crippen LogP contribution in [-0.4, -0.2) is 58.9 Å². The molecule has 3 aromatic rings. The summed E-state index contributed by atoms with van der Waals surface area (Å²) < 4.78 is 40.9. The third-order valence-corrected chi connectivity index (χ3v) is 7.64. The lowest BCUT2D eigenvalue weighted by molar-refractivity contribution is -0.0892. The molecule has 0 bridgehead atoms. The van der Waals surface area contributed by atoms with E-state index in [0.29, 0.717) is 49.3 Å². The van der Waals surface area contributed by atoms with Crippen LogP contribution in [0.1, 0.15) is 39.4 Å². The maximum Gasteiger partial charge on any atom is 0.456 e. The molecule has 1 fully saturated rings. The molecule has 10 heteroatoms. The number of Topliss-reactive ketones (excluding diaryl/α,β-unsaturated/α-hetero) is 1. The van der Waals surface area contributed by atoms with Gasteiger partial charge in [0.2, 0.25) is 0 Å². The second-order valence-corrected chi connectivity index (χ2v) is 9.52. The molecule has 3 heterocycles. The van der Waals surface area contributed by atoms with Crippen molar-refractivity contribution in [2.24, 2.45) is 5.18 Å². The van der Waals surface area contributed by atoms with Gasteiger partial charge >= 0.3 is 6.18 Å². The van der Waals surface area contributed by atoms with Gasteiger partial charge in [0.25, 0.3) is 11.7 Å². The normalized spacial score (nSPS) is 17.5. The molecule has 7 nitrogen and oxygen atoms in total. The van der Waals surface area contributed by atoms with Gasteiger partial charge in [0, 0.05) is 43.0 Å². The smallest absolute Gasteiger partial charge is 0.339 e. The lowest BCUT2D eigenvalue weighted by Gasteiger charge is -2.50. The molecule has 1 spiro atoms. The zero-order chi connectivity index (χ0) is 26.4. The Labute approximate surface area is 211 Å². The van der Waals surface area contributed by atoms with E-state index in [1.807, 2.05) is 37.4 Å². The molecule has 0 N–H and O–H groups in total. The van der Waals surface area contributed by atoms with Crippen molar-refractivity contribution in [3.63, 3.8) is 0 Å². The van der Waals surface area contributed by atoms with Crippen molar-refractivity contribution < 1.29 is 22.8 Å². The van der Waals surface area contributed by atoms with Gasteiger partial charge in [0.15, 0.2) is 0 Å². The molecule has 0 saturated carbocycles. The molecule has 0 aliphatic carbocycles. The summed E-state index contributed by atoms with van der Waals surface area (Å²) in [5, 5.41) is 3.13. The fourth-order valence-corrected chi connectivity index (χ4v) is 5.62. The maximum absolute atomic E-state index is 13.3.